The molecule has 0 atom stereocenters. The molecule has 0 bridgehead atoms. The van der Waals surface area contributed by atoms with Crippen LogP contribution in [-0.2, 0) is 10.0 Å². The van der Waals surface area contributed by atoms with Gasteiger partial charge in [0.15, 0.2) is 0 Å². The van der Waals surface area contributed by atoms with E-state index in [2.05, 4.69) is 5.32 Å². The molecule has 1 aliphatic rings. The lowest BCUT2D eigenvalue weighted by Crippen LogP contribution is -2.36. The number of carbonyl (C=O) groups is 1. The Morgan fingerprint density at radius 1 is 0.960 bits per heavy atom. The maximum absolute atomic E-state index is 12.9. The van der Waals surface area contributed by atoms with E-state index in [0.717, 1.165) is 19.3 Å². The van der Waals surface area contributed by atoms with Crippen molar-refractivity contribution in [2.45, 2.75) is 24.2 Å². The molecule has 1 heterocycles. The molecule has 0 aliphatic carbocycles. The monoisotopic (exact) mass is 378 g/mol. The molecular weight excluding hydrogens is 360 g/mol. The zero-order chi connectivity index (χ0) is 17.9. The van der Waals surface area contributed by atoms with Crippen LogP contribution >= 0.6 is 11.6 Å². The molecule has 25 heavy (non-hydrogen) atoms. The van der Waals surface area contributed by atoms with Crippen molar-refractivity contribution in [1.82, 2.24) is 4.31 Å². The number of rotatable bonds is 4. The largest absolute Gasteiger partial charge is 0.322 e. The van der Waals surface area contributed by atoms with E-state index in [1.54, 1.807) is 36.4 Å². The van der Waals surface area contributed by atoms with Gasteiger partial charge in [0.25, 0.3) is 5.91 Å². The van der Waals surface area contributed by atoms with Crippen LogP contribution in [-0.4, -0.2) is 31.7 Å². The van der Waals surface area contributed by atoms with Gasteiger partial charge in [-0.05, 0) is 49.2 Å². The van der Waals surface area contributed by atoms with Gasteiger partial charge in [-0.1, -0.05) is 30.2 Å². The number of hydrogen-bond donors (Lipinski definition) is 1. The van der Waals surface area contributed by atoms with E-state index < -0.39 is 15.9 Å². The maximum atomic E-state index is 12.9. The Morgan fingerprint density at radius 3 is 2.28 bits per heavy atom. The molecule has 2 aromatic rings. The fourth-order valence-corrected chi connectivity index (χ4v) is 4.69. The topological polar surface area (TPSA) is 66.5 Å². The van der Waals surface area contributed by atoms with Gasteiger partial charge in [0, 0.05) is 23.8 Å². The Hall–Kier alpha value is -1.89. The average molecular weight is 379 g/mol. The van der Waals surface area contributed by atoms with Crippen LogP contribution in [0.5, 0.6) is 0 Å². The van der Waals surface area contributed by atoms with E-state index in [-0.39, 0.29) is 10.5 Å². The molecule has 132 valence electrons. The van der Waals surface area contributed by atoms with Gasteiger partial charge in [0.1, 0.15) is 0 Å². The van der Waals surface area contributed by atoms with Gasteiger partial charge < -0.3 is 5.32 Å². The fourth-order valence-electron chi connectivity index (χ4n) is 2.86. The minimum atomic E-state index is -3.69. The number of nitrogens with zero attached hydrogens (tertiary/aromatic N) is 1. The van der Waals surface area contributed by atoms with Crippen LogP contribution in [0.2, 0.25) is 5.02 Å². The Labute approximate surface area is 152 Å². The summed E-state index contributed by atoms with van der Waals surface area (Å²) in [4.78, 5) is 12.7. The van der Waals surface area contributed by atoms with E-state index in [0.29, 0.717) is 23.8 Å². The van der Waals surface area contributed by atoms with Crippen molar-refractivity contribution in [3.8, 4) is 0 Å². The maximum Gasteiger partial charge on any atom is 0.257 e. The molecule has 3 rings (SSSR count). The SMILES string of the molecule is O=C(Nc1ccc(Cl)cc1)c1ccccc1S(=O)(=O)N1CCCCC1. The Kier molecular flexibility index (Phi) is 5.42. The first-order chi connectivity index (χ1) is 12.0. The highest BCUT2D eigenvalue weighted by molar-refractivity contribution is 7.89. The summed E-state index contributed by atoms with van der Waals surface area (Å²) in [5.41, 5.74) is 0.697. The first kappa shape index (κ1) is 17.9. The van der Waals surface area contributed by atoms with Crippen LogP contribution in [0.3, 0.4) is 0 Å². The predicted molar refractivity (Wildman–Crippen MR) is 98.5 cm³/mol. The second-order valence-corrected chi connectivity index (χ2v) is 8.26. The molecule has 1 aliphatic heterocycles. The highest BCUT2D eigenvalue weighted by atomic mass is 35.5. The summed E-state index contributed by atoms with van der Waals surface area (Å²) in [6.45, 7) is 0.991. The second kappa shape index (κ2) is 7.56. The number of piperidine rings is 1. The number of nitrogens with one attached hydrogen (secondary N) is 1. The van der Waals surface area contributed by atoms with E-state index >= 15 is 0 Å². The molecule has 1 N–H and O–H groups in total. The summed E-state index contributed by atoms with van der Waals surface area (Å²) in [5.74, 6) is -0.460. The standard InChI is InChI=1S/C18H19ClN2O3S/c19-14-8-10-15(11-9-14)20-18(22)16-6-2-3-7-17(16)25(23,24)21-12-4-1-5-13-21/h2-3,6-11H,1,4-5,12-13H2,(H,20,22). The fraction of sp³-hybridized carbons (Fsp3) is 0.278. The van der Waals surface area contributed by atoms with Gasteiger partial charge in [0.2, 0.25) is 10.0 Å². The van der Waals surface area contributed by atoms with Gasteiger partial charge in [-0.25, -0.2) is 8.42 Å². The molecule has 1 amide bonds. The zero-order valence-corrected chi connectivity index (χ0v) is 15.2. The molecule has 7 heteroatoms. The number of sulfonamides is 1. The summed E-state index contributed by atoms with van der Waals surface area (Å²) in [6, 6.07) is 13.0. The van der Waals surface area contributed by atoms with Crippen molar-refractivity contribution in [3.05, 3.63) is 59.1 Å². The summed E-state index contributed by atoms with van der Waals surface area (Å²) in [5, 5.41) is 3.28. The molecule has 0 unspecified atom stereocenters. The summed E-state index contributed by atoms with van der Waals surface area (Å²) < 4.78 is 27.3. The van der Waals surface area contributed by atoms with Gasteiger partial charge >= 0.3 is 0 Å². The first-order valence-corrected chi connectivity index (χ1v) is 9.96. The zero-order valence-electron chi connectivity index (χ0n) is 13.6. The average Bonchev–Trinajstić information content (AvgIpc) is 2.64. The number of halogens is 1. The quantitative estimate of drug-likeness (QED) is 0.880. The number of benzene rings is 2. The van der Waals surface area contributed by atoms with Crippen LogP contribution in [0.15, 0.2) is 53.4 Å². The first-order valence-electron chi connectivity index (χ1n) is 8.14. The Bertz CT molecular complexity index is 860. The third-order valence-corrected chi connectivity index (χ3v) is 6.38. The van der Waals surface area contributed by atoms with Crippen molar-refractivity contribution in [1.29, 1.82) is 0 Å². The molecule has 0 radical (unpaired) electrons. The molecule has 1 saturated heterocycles. The predicted octanol–water partition coefficient (Wildman–Crippen LogP) is 3.77. The lowest BCUT2D eigenvalue weighted by molar-refractivity contribution is 0.102. The molecule has 0 saturated carbocycles. The smallest absolute Gasteiger partial charge is 0.257 e. The second-order valence-electron chi connectivity index (χ2n) is 5.92. The number of hydrogen-bond acceptors (Lipinski definition) is 3. The highest BCUT2D eigenvalue weighted by Gasteiger charge is 2.29. The van der Waals surface area contributed by atoms with E-state index in [1.807, 2.05) is 0 Å². The summed E-state index contributed by atoms with van der Waals surface area (Å²) >= 11 is 5.84. The van der Waals surface area contributed by atoms with E-state index in [1.165, 1.54) is 16.4 Å². The highest BCUT2D eigenvalue weighted by Crippen LogP contribution is 2.24. The molecular formula is C18H19ClN2O3S. The minimum absolute atomic E-state index is 0.0448. The lowest BCUT2D eigenvalue weighted by Gasteiger charge is -2.26. The lowest BCUT2D eigenvalue weighted by atomic mass is 10.2. The number of amides is 1. The third kappa shape index (κ3) is 4.03. The molecule has 0 spiro atoms. The van der Waals surface area contributed by atoms with E-state index in [9.17, 15) is 13.2 Å². The summed E-state index contributed by atoms with van der Waals surface area (Å²) in [7, 11) is -3.69. The molecule has 2 aromatic carbocycles. The number of carbonyl (C=O) groups excluding carboxylic acids is 1. The van der Waals surface area contributed by atoms with Crippen LogP contribution in [0, 0.1) is 0 Å². The van der Waals surface area contributed by atoms with Crippen molar-refractivity contribution in [2.24, 2.45) is 0 Å². The van der Waals surface area contributed by atoms with Crippen molar-refractivity contribution in [2.75, 3.05) is 18.4 Å². The molecule has 1 fully saturated rings. The van der Waals surface area contributed by atoms with Gasteiger partial charge in [0.05, 0.1) is 10.5 Å². The Balaban J connectivity index is 1.89. The Morgan fingerprint density at radius 2 is 1.60 bits per heavy atom. The van der Waals surface area contributed by atoms with Crippen molar-refractivity contribution >= 4 is 33.2 Å². The van der Waals surface area contributed by atoms with Crippen LogP contribution in [0.25, 0.3) is 0 Å². The van der Waals surface area contributed by atoms with Crippen molar-refractivity contribution < 1.29 is 13.2 Å². The van der Waals surface area contributed by atoms with E-state index in [4.69, 9.17) is 11.6 Å². The summed E-state index contributed by atoms with van der Waals surface area (Å²) in [6.07, 6.45) is 2.72. The molecule has 5 nitrogen and oxygen atoms in total. The van der Waals surface area contributed by atoms with Gasteiger partial charge in [-0.15, -0.1) is 0 Å². The molecule has 0 aromatic heterocycles. The van der Waals surface area contributed by atoms with Crippen LogP contribution in [0.1, 0.15) is 29.6 Å². The van der Waals surface area contributed by atoms with Gasteiger partial charge in [-0.2, -0.15) is 4.31 Å². The van der Waals surface area contributed by atoms with Crippen LogP contribution in [0.4, 0.5) is 5.69 Å². The third-order valence-electron chi connectivity index (χ3n) is 4.17. The van der Waals surface area contributed by atoms with Crippen molar-refractivity contribution in [3.63, 3.8) is 0 Å². The van der Waals surface area contributed by atoms with Crippen LogP contribution < -0.4 is 5.32 Å². The van der Waals surface area contributed by atoms with Gasteiger partial charge in [-0.3, -0.25) is 4.79 Å². The number of anilines is 1. The normalized spacial score (nSPS) is 15.7. The minimum Gasteiger partial charge on any atom is -0.322 e.